The van der Waals surface area contributed by atoms with Crippen LogP contribution in [0.4, 0.5) is 17.7 Å². The molecular weight excluding hydrogens is 325 g/mol. The van der Waals surface area contributed by atoms with E-state index in [-0.39, 0.29) is 88.8 Å². The minimum Gasteiger partial charge on any atom is -0.449 e. The topological polar surface area (TPSA) is 61.4 Å². The molecule has 1 saturated carbocycles. The van der Waals surface area contributed by atoms with Crippen LogP contribution in [0.2, 0.25) is 5.82 Å². The molecule has 1 heterocycles. The van der Waals surface area contributed by atoms with Gasteiger partial charge in [-0.25, -0.2) is 4.79 Å². The summed E-state index contributed by atoms with van der Waals surface area (Å²) in [6, 6.07) is -0.772. The summed E-state index contributed by atoms with van der Waals surface area (Å²) in [5.41, 5.74) is 0. The molecule has 22 heavy (non-hydrogen) atoms. The zero-order valence-electron chi connectivity index (χ0n) is 12.9. The number of amides is 3. The van der Waals surface area contributed by atoms with Gasteiger partial charge in [0, 0.05) is 26.2 Å². The molecule has 2 rings (SSSR count). The summed E-state index contributed by atoms with van der Waals surface area (Å²) in [6.07, 6.45) is 2.18. The summed E-state index contributed by atoms with van der Waals surface area (Å²) in [4.78, 5) is 24.9. The molecule has 3 atom stereocenters. The number of nitrogens with zero attached hydrogens (tertiary/aromatic N) is 1. The molecule has 3 amide bonds. The van der Waals surface area contributed by atoms with Crippen molar-refractivity contribution in [1.29, 1.82) is 0 Å². The fraction of sp³-hybridized carbons (Fsp3) is 0.833. The maximum absolute atomic E-state index is 12.7. The third-order valence-corrected chi connectivity index (χ3v) is 4.45. The van der Waals surface area contributed by atoms with Crippen molar-refractivity contribution in [2.75, 3.05) is 20.1 Å². The first-order valence-electron chi connectivity index (χ1n) is 7.30. The third-order valence-electron chi connectivity index (χ3n) is 4.45. The Bertz CT molecular complexity index is 425. The number of nitrogens with one attached hydrogen (secondary N) is 2. The average molecular weight is 345 g/mol. The van der Waals surface area contributed by atoms with E-state index in [9.17, 15) is 22.5 Å². The predicted octanol–water partition coefficient (Wildman–Crippen LogP) is -1.46. The van der Waals surface area contributed by atoms with E-state index in [1.165, 1.54) is 11.9 Å². The molecule has 0 aromatic heterocycles. The van der Waals surface area contributed by atoms with Crippen LogP contribution >= 0.6 is 0 Å². The number of likely N-dealkylation sites (tertiary alicyclic amines) is 1. The number of carbonyl (C=O) groups is 2. The van der Waals surface area contributed by atoms with E-state index < -0.39 is 18.8 Å². The van der Waals surface area contributed by atoms with Crippen LogP contribution < -0.4 is 62.0 Å². The number of rotatable bonds is 3. The first kappa shape index (κ1) is 20.3. The van der Waals surface area contributed by atoms with Gasteiger partial charge in [0.2, 0.25) is 5.91 Å². The van der Waals surface area contributed by atoms with Crippen molar-refractivity contribution >= 4 is 18.9 Å². The second-order valence-electron chi connectivity index (χ2n) is 5.83. The minimum absolute atomic E-state index is 0. The van der Waals surface area contributed by atoms with E-state index >= 15 is 0 Å². The molecule has 0 aromatic rings. The number of halogens is 3. The van der Waals surface area contributed by atoms with Gasteiger partial charge in [-0.15, -0.1) is 0 Å². The van der Waals surface area contributed by atoms with E-state index in [1.54, 1.807) is 0 Å². The summed E-state index contributed by atoms with van der Waals surface area (Å²) >= 11 is 0. The van der Waals surface area contributed by atoms with E-state index in [4.69, 9.17) is 0 Å². The van der Waals surface area contributed by atoms with Crippen LogP contribution in [0.1, 0.15) is 25.7 Å². The van der Waals surface area contributed by atoms with E-state index in [1.807, 2.05) is 0 Å². The third kappa shape index (κ3) is 4.86. The summed E-state index contributed by atoms with van der Waals surface area (Å²) in [5.74, 6) is -1.80. The van der Waals surface area contributed by atoms with Gasteiger partial charge < -0.3 is 28.5 Å². The standard InChI is InChI=1S/C12H20BF3N3O2.K/c1-17-11(20)9-3-2-4-10(9)18-12(21)19-6-5-8(7-19)13(14,15)16;/h8-10H,2-7H2,1H3,(H,17,20)(H,18,21);/q-1;+1. The van der Waals surface area contributed by atoms with Crippen LogP contribution in [0.25, 0.3) is 0 Å². The van der Waals surface area contributed by atoms with Crippen LogP contribution in [0.3, 0.4) is 0 Å². The zero-order valence-corrected chi connectivity index (χ0v) is 16.1. The molecule has 0 aromatic carbocycles. The molecule has 10 heteroatoms. The van der Waals surface area contributed by atoms with Crippen molar-refractivity contribution in [2.45, 2.75) is 37.5 Å². The van der Waals surface area contributed by atoms with Gasteiger partial charge in [-0.1, -0.05) is 18.7 Å². The Morgan fingerprint density at radius 1 is 1.18 bits per heavy atom. The molecule has 1 aliphatic carbocycles. The Morgan fingerprint density at radius 2 is 1.86 bits per heavy atom. The number of carbonyl (C=O) groups excluding carboxylic acids is 2. The van der Waals surface area contributed by atoms with Crippen molar-refractivity contribution in [3.63, 3.8) is 0 Å². The van der Waals surface area contributed by atoms with Gasteiger partial charge in [-0.2, -0.15) is 0 Å². The zero-order chi connectivity index (χ0) is 15.6. The smallest absolute Gasteiger partial charge is 0.449 e. The number of urea groups is 1. The molecule has 1 saturated heterocycles. The van der Waals surface area contributed by atoms with Crippen molar-refractivity contribution in [3.05, 3.63) is 0 Å². The minimum atomic E-state index is -4.90. The second-order valence-corrected chi connectivity index (χ2v) is 5.83. The van der Waals surface area contributed by atoms with Crippen LogP contribution in [0.15, 0.2) is 0 Å². The molecule has 0 bridgehead atoms. The van der Waals surface area contributed by atoms with Gasteiger partial charge in [-0.3, -0.25) is 4.79 Å². The van der Waals surface area contributed by atoms with Gasteiger partial charge in [-0.05, 0) is 12.8 Å². The summed E-state index contributed by atoms with van der Waals surface area (Å²) in [5, 5.41) is 5.28. The average Bonchev–Trinajstić information content (AvgIpc) is 3.05. The Balaban J connectivity index is 0.00000242. The van der Waals surface area contributed by atoms with Crippen molar-refractivity contribution in [3.8, 4) is 0 Å². The Labute approximate surface area is 170 Å². The van der Waals surface area contributed by atoms with Crippen LogP contribution in [-0.4, -0.2) is 50.0 Å². The van der Waals surface area contributed by atoms with Gasteiger partial charge in [0.25, 0.3) is 0 Å². The SMILES string of the molecule is CNC(=O)C1CCCC1NC(=O)N1CCC([B-](F)(F)F)C1.[K+]. The molecule has 3 unspecified atom stereocenters. The quantitative estimate of drug-likeness (QED) is 0.614. The molecular formula is C12H20BF3KN3O2. The molecule has 120 valence electrons. The second kappa shape index (κ2) is 8.37. The molecule has 2 fully saturated rings. The maximum atomic E-state index is 12.7. The number of hydrogen-bond acceptors (Lipinski definition) is 2. The van der Waals surface area contributed by atoms with Gasteiger partial charge in [0.1, 0.15) is 0 Å². The van der Waals surface area contributed by atoms with E-state index in [0.717, 1.165) is 6.42 Å². The van der Waals surface area contributed by atoms with Crippen molar-refractivity contribution < 1.29 is 73.9 Å². The molecule has 2 N–H and O–H groups in total. The van der Waals surface area contributed by atoms with Crippen LogP contribution in [-0.2, 0) is 4.79 Å². The fourth-order valence-corrected chi connectivity index (χ4v) is 3.16. The molecule has 0 radical (unpaired) electrons. The Kier molecular flexibility index (Phi) is 7.71. The Morgan fingerprint density at radius 3 is 2.41 bits per heavy atom. The molecule has 5 nitrogen and oxygen atoms in total. The largest absolute Gasteiger partial charge is 1.00 e. The number of hydrogen-bond donors (Lipinski definition) is 2. The van der Waals surface area contributed by atoms with Crippen LogP contribution in [0.5, 0.6) is 0 Å². The summed E-state index contributed by atoms with van der Waals surface area (Å²) in [6.45, 7) is -5.05. The predicted molar refractivity (Wildman–Crippen MR) is 72.7 cm³/mol. The summed E-state index contributed by atoms with van der Waals surface area (Å²) < 4.78 is 38.0. The Hall–Kier alpha value is 0.231. The van der Waals surface area contributed by atoms with Crippen molar-refractivity contribution in [1.82, 2.24) is 15.5 Å². The fourth-order valence-electron chi connectivity index (χ4n) is 3.16. The van der Waals surface area contributed by atoms with E-state index in [2.05, 4.69) is 10.6 Å². The summed E-state index contributed by atoms with van der Waals surface area (Å²) in [7, 11) is 1.54. The molecule has 2 aliphatic rings. The van der Waals surface area contributed by atoms with E-state index in [0.29, 0.717) is 12.8 Å². The maximum Gasteiger partial charge on any atom is 1.00 e. The molecule has 1 aliphatic heterocycles. The first-order valence-corrected chi connectivity index (χ1v) is 7.30. The first-order chi connectivity index (χ1) is 9.82. The molecule has 0 spiro atoms. The van der Waals surface area contributed by atoms with Crippen LogP contribution in [0, 0.1) is 5.92 Å². The van der Waals surface area contributed by atoms with Gasteiger partial charge in [0.15, 0.2) is 0 Å². The van der Waals surface area contributed by atoms with Gasteiger partial charge >= 0.3 is 64.4 Å². The van der Waals surface area contributed by atoms with Gasteiger partial charge in [0.05, 0.1) is 5.92 Å². The normalized spacial score (nSPS) is 28.2. The monoisotopic (exact) mass is 345 g/mol. The van der Waals surface area contributed by atoms with Crippen molar-refractivity contribution in [2.24, 2.45) is 5.92 Å².